The number of benzene rings is 1. The minimum Gasteiger partial charge on any atom is -0.481 e. The zero-order chi connectivity index (χ0) is 22.1. The second-order valence-corrected chi connectivity index (χ2v) is 6.67. The van der Waals surface area contributed by atoms with E-state index < -0.39 is 11.9 Å². The van der Waals surface area contributed by atoms with Gasteiger partial charge in [-0.1, -0.05) is 30.3 Å². The first-order valence-corrected chi connectivity index (χ1v) is 9.31. The fourth-order valence-corrected chi connectivity index (χ4v) is 2.62. The van der Waals surface area contributed by atoms with Gasteiger partial charge in [0.15, 0.2) is 0 Å². The number of hydrogen-bond acceptors (Lipinski definition) is 4. The fourth-order valence-electron chi connectivity index (χ4n) is 2.62. The number of aliphatic imine (C=N–C) groups is 1. The predicted molar refractivity (Wildman–Crippen MR) is 110 cm³/mol. The number of allylic oxidation sites excluding steroid dienone is 2. The average Bonchev–Trinajstić information content (AvgIpc) is 2.70. The Hall–Kier alpha value is -3.16. The van der Waals surface area contributed by atoms with Crippen LogP contribution in [0.1, 0.15) is 30.5 Å². The van der Waals surface area contributed by atoms with E-state index in [1.165, 1.54) is 20.2 Å². The third-order valence-corrected chi connectivity index (χ3v) is 4.28. The van der Waals surface area contributed by atoms with Crippen LogP contribution in [0, 0.1) is 0 Å². The van der Waals surface area contributed by atoms with Crippen molar-refractivity contribution in [1.82, 2.24) is 10.3 Å². The predicted octanol–water partition coefficient (Wildman–Crippen LogP) is 4.38. The number of hydrogen-bond donors (Lipinski definition) is 1. The van der Waals surface area contributed by atoms with E-state index in [0.717, 1.165) is 11.6 Å². The summed E-state index contributed by atoms with van der Waals surface area (Å²) in [7, 11) is 1.46. The van der Waals surface area contributed by atoms with Crippen molar-refractivity contribution in [3.05, 3.63) is 65.4 Å². The van der Waals surface area contributed by atoms with Crippen molar-refractivity contribution < 1.29 is 22.7 Å². The van der Waals surface area contributed by atoms with Crippen LogP contribution in [-0.2, 0) is 17.8 Å². The zero-order valence-electron chi connectivity index (χ0n) is 17.1. The van der Waals surface area contributed by atoms with Gasteiger partial charge in [0.05, 0.1) is 13.7 Å². The third-order valence-electron chi connectivity index (χ3n) is 4.28. The molecule has 8 heteroatoms. The Balaban J connectivity index is 2.14. The number of carbonyl (C=O) groups is 1. The van der Waals surface area contributed by atoms with E-state index in [1.54, 1.807) is 31.2 Å². The third kappa shape index (κ3) is 7.35. The van der Waals surface area contributed by atoms with Crippen molar-refractivity contribution in [3.8, 4) is 5.88 Å². The first-order chi connectivity index (χ1) is 14.2. The molecule has 1 aromatic carbocycles. The molecule has 0 unspecified atom stereocenters. The second-order valence-electron chi connectivity index (χ2n) is 6.67. The summed E-state index contributed by atoms with van der Waals surface area (Å²) in [5.74, 6) is 0.282. The molecule has 0 aliphatic carbocycles. The number of rotatable bonds is 8. The van der Waals surface area contributed by atoms with Crippen LogP contribution in [0.5, 0.6) is 5.88 Å². The summed E-state index contributed by atoms with van der Waals surface area (Å²) in [5, 5.41) is 2.71. The highest BCUT2D eigenvalue weighted by Crippen LogP contribution is 2.23. The molecule has 2 rings (SSSR count). The molecule has 5 nitrogen and oxygen atoms in total. The van der Waals surface area contributed by atoms with Crippen molar-refractivity contribution in [2.45, 2.75) is 33.0 Å². The highest BCUT2D eigenvalue weighted by Gasteiger charge is 2.34. The summed E-state index contributed by atoms with van der Waals surface area (Å²) >= 11 is 0. The van der Waals surface area contributed by atoms with Gasteiger partial charge >= 0.3 is 6.18 Å². The smallest absolute Gasteiger partial charge is 0.432 e. The van der Waals surface area contributed by atoms with Crippen LogP contribution in [0.25, 0.3) is 5.57 Å². The molecule has 1 aromatic heterocycles. The van der Waals surface area contributed by atoms with E-state index in [0.29, 0.717) is 35.5 Å². The molecule has 0 aliphatic heterocycles. The van der Waals surface area contributed by atoms with Crippen LogP contribution in [0.2, 0.25) is 0 Å². The van der Waals surface area contributed by atoms with Gasteiger partial charge in [-0.2, -0.15) is 13.2 Å². The number of methoxy groups -OCH3 is 1. The largest absolute Gasteiger partial charge is 0.481 e. The Morgan fingerprint density at radius 3 is 2.33 bits per heavy atom. The number of nitrogens with one attached hydrogen (secondary N) is 1. The molecule has 2 aromatic rings. The van der Waals surface area contributed by atoms with Gasteiger partial charge in [-0.25, -0.2) is 4.98 Å². The lowest BCUT2D eigenvalue weighted by Crippen LogP contribution is -2.22. The lowest BCUT2D eigenvalue weighted by Gasteiger charge is -2.10. The molecule has 0 fully saturated rings. The van der Waals surface area contributed by atoms with Crippen LogP contribution < -0.4 is 10.1 Å². The molecular weight excluding hydrogens is 395 g/mol. The van der Waals surface area contributed by atoms with Crippen molar-refractivity contribution in [2.75, 3.05) is 13.7 Å². The maximum atomic E-state index is 13.4. The SMILES string of the molecule is COc1ccc(CN=C(/C=C(\C)c2ccc(CCNC(C)=O)cc2)C(F)(F)F)cn1. The lowest BCUT2D eigenvalue weighted by atomic mass is 10.0. The molecule has 0 saturated heterocycles. The standard InChI is InChI=1S/C22H24F3N3O2/c1-15(19-7-4-17(5-8-19)10-11-26-16(2)29)12-20(22(23,24)25)27-13-18-6-9-21(30-3)28-14-18/h4-9,12,14H,10-11,13H2,1-3H3,(H,26,29)/b15-12+,27-20?. The van der Waals surface area contributed by atoms with E-state index in [1.807, 2.05) is 12.1 Å². The Bertz CT molecular complexity index is 903. The summed E-state index contributed by atoms with van der Waals surface area (Å²) in [6.07, 6.45) is -1.44. The topological polar surface area (TPSA) is 63.6 Å². The number of alkyl halides is 3. The van der Waals surface area contributed by atoms with Gasteiger partial charge in [0.25, 0.3) is 0 Å². The average molecular weight is 419 g/mol. The van der Waals surface area contributed by atoms with Gasteiger partial charge in [-0.15, -0.1) is 0 Å². The van der Waals surface area contributed by atoms with Crippen LogP contribution in [0.4, 0.5) is 13.2 Å². The second kappa shape index (κ2) is 10.6. The van der Waals surface area contributed by atoms with Crippen molar-refractivity contribution in [1.29, 1.82) is 0 Å². The highest BCUT2D eigenvalue weighted by molar-refractivity contribution is 6.04. The molecule has 0 saturated carbocycles. The monoisotopic (exact) mass is 419 g/mol. The Morgan fingerprint density at radius 1 is 1.13 bits per heavy atom. The lowest BCUT2D eigenvalue weighted by molar-refractivity contribution is -0.118. The van der Waals surface area contributed by atoms with Gasteiger partial charge in [-0.05, 0) is 41.7 Å². The maximum Gasteiger partial charge on any atom is 0.432 e. The number of amides is 1. The Kier molecular flexibility index (Phi) is 8.15. The highest BCUT2D eigenvalue weighted by atomic mass is 19.4. The minimum absolute atomic E-state index is 0.102. The number of aromatic nitrogens is 1. The number of nitrogens with zero attached hydrogens (tertiary/aromatic N) is 2. The number of halogens is 3. The molecular formula is C22H24F3N3O2. The Morgan fingerprint density at radius 2 is 1.80 bits per heavy atom. The summed E-state index contributed by atoms with van der Waals surface area (Å²) in [6, 6.07) is 10.4. The summed E-state index contributed by atoms with van der Waals surface area (Å²) in [4.78, 5) is 18.6. The van der Waals surface area contributed by atoms with Gasteiger partial charge in [-0.3, -0.25) is 9.79 Å². The first-order valence-electron chi connectivity index (χ1n) is 9.31. The molecule has 1 heterocycles. The molecule has 0 spiro atoms. The summed E-state index contributed by atoms with van der Waals surface area (Å²) < 4.78 is 45.3. The van der Waals surface area contributed by atoms with Crippen molar-refractivity contribution >= 4 is 17.2 Å². The van der Waals surface area contributed by atoms with Crippen LogP contribution in [-0.4, -0.2) is 36.4 Å². The van der Waals surface area contributed by atoms with Crippen LogP contribution >= 0.6 is 0 Å². The normalized spacial score (nSPS) is 12.6. The summed E-state index contributed by atoms with van der Waals surface area (Å²) in [6.45, 7) is 3.43. The molecule has 160 valence electrons. The zero-order valence-corrected chi connectivity index (χ0v) is 17.1. The van der Waals surface area contributed by atoms with Crippen molar-refractivity contribution in [2.24, 2.45) is 4.99 Å². The van der Waals surface area contributed by atoms with E-state index in [9.17, 15) is 18.0 Å². The first kappa shape index (κ1) is 23.1. The number of ether oxygens (including phenoxy) is 1. The van der Waals surface area contributed by atoms with Gasteiger partial charge in [0.2, 0.25) is 11.8 Å². The molecule has 0 aliphatic rings. The van der Waals surface area contributed by atoms with E-state index in [2.05, 4.69) is 15.3 Å². The van der Waals surface area contributed by atoms with E-state index in [-0.39, 0.29) is 12.5 Å². The molecule has 0 radical (unpaired) electrons. The molecule has 1 N–H and O–H groups in total. The molecule has 1 amide bonds. The van der Waals surface area contributed by atoms with Gasteiger partial charge in [0.1, 0.15) is 5.71 Å². The molecule has 0 atom stereocenters. The van der Waals surface area contributed by atoms with E-state index >= 15 is 0 Å². The molecule has 0 bridgehead atoms. The fraction of sp³-hybridized carbons (Fsp3) is 0.318. The van der Waals surface area contributed by atoms with Crippen LogP contribution in [0.15, 0.2) is 53.7 Å². The van der Waals surface area contributed by atoms with Crippen LogP contribution in [0.3, 0.4) is 0 Å². The number of carbonyl (C=O) groups excluding carboxylic acids is 1. The summed E-state index contributed by atoms with van der Waals surface area (Å²) in [5.41, 5.74) is 1.70. The van der Waals surface area contributed by atoms with Crippen molar-refractivity contribution in [3.63, 3.8) is 0 Å². The number of pyridine rings is 1. The maximum absolute atomic E-state index is 13.4. The quantitative estimate of drug-likeness (QED) is 0.646. The Labute approximate surface area is 173 Å². The van der Waals surface area contributed by atoms with E-state index in [4.69, 9.17) is 4.74 Å². The van der Waals surface area contributed by atoms with Gasteiger partial charge in [0, 0.05) is 25.7 Å². The van der Waals surface area contributed by atoms with Gasteiger partial charge < -0.3 is 10.1 Å². The minimum atomic E-state index is -4.57. The molecule has 30 heavy (non-hydrogen) atoms.